The molecule has 25 heavy (non-hydrogen) atoms. The second kappa shape index (κ2) is 11.8. The minimum atomic E-state index is -2.46. The Kier molecular flexibility index (Phi) is 10.5. The van der Waals surface area contributed by atoms with Gasteiger partial charge in [0, 0.05) is 0 Å². The molecular formula is C22H36O2Sn. The molecule has 0 atom stereocenters. The summed E-state index contributed by atoms with van der Waals surface area (Å²) in [4.78, 5) is 11.7. The number of methoxy groups -OCH3 is 1. The van der Waals surface area contributed by atoms with E-state index < -0.39 is 18.4 Å². The van der Waals surface area contributed by atoms with Gasteiger partial charge in [0.2, 0.25) is 0 Å². The van der Waals surface area contributed by atoms with E-state index in [0.29, 0.717) is 5.56 Å². The van der Waals surface area contributed by atoms with Crippen LogP contribution in [0.15, 0.2) is 30.8 Å². The molecule has 0 radical (unpaired) electrons. The molecule has 1 aromatic carbocycles. The van der Waals surface area contributed by atoms with Gasteiger partial charge >= 0.3 is 159 Å². The molecule has 0 aliphatic carbocycles. The van der Waals surface area contributed by atoms with Crippen molar-refractivity contribution in [1.29, 1.82) is 0 Å². The summed E-state index contributed by atoms with van der Waals surface area (Å²) < 4.78 is 10.5. The van der Waals surface area contributed by atoms with Crippen molar-refractivity contribution in [2.24, 2.45) is 0 Å². The molecule has 0 aliphatic rings. The Hall–Kier alpha value is -0.771. The van der Waals surface area contributed by atoms with Crippen molar-refractivity contribution in [3.05, 3.63) is 42.0 Å². The standard InChI is InChI=1S/C10H9O2.3C4H9.Sn/c1-3-8-4-6-9(7-5-8)10(11)12-2;3*1-3-4-2;/h4-7H,1H2,2H3;3*1,3-4H2,2H3;. The van der Waals surface area contributed by atoms with Crippen LogP contribution in [0.5, 0.6) is 0 Å². The van der Waals surface area contributed by atoms with Crippen LogP contribution < -0.4 is 0 Å². The SMILES string of the molecule is C=[C](c1ccc(C(=O)OC)cc1)[Sn]([CH2]CCC)([CH2]CCC)[CH2]CCC. The van der Waals surface area contributed by atoms with Crippen molar-refractivity contribution in [2.45, 2.75) is 72.6 Å². The van der Waals surface area contributed by atoms with Crippen molar-refractivity contribution >= 4 is 27.9 Å². The van der Waals surface area contributed by atoms with E-state index in [2.05, 4.69) is 39.5 Å². The molecule has 0 aliphatic heterocycles. The van der Waals surface area contributed by atoms with E-state index in [1.165, 1.54) is 68.1 Å². The van der Waals surface area contributed by atoms with Crippen LogP contribution in [0, 0.1) is 0 Å². The Morgan fingerprint density at radius 3 is 1.64 bits per heavy atom. The predicted octanol–water partition coefficient (Wildman–Crippen LogP) is 6.87. The van der Waals surface area contributed by atoms with Crippen LogP contribution in [-0.4, -0.2) is 31.5 Å². The fraction of sp³-hybridized carbons (Fsp3) is 0.591. The molecule has 0 amide bonds. The van der Waals surface area contributed by atoms with Gasteiger partial charge in [-0.1, -0.05) is 0 Å². The number of hydrogen-bond acceptors (Lipinski definition) is 2. The van der Waals surface area contributed by atoms with Gasteiger partial charge in [-0.15, -0.1) is 0 Å². The molecule has 140 valence electrons. The van der Waals surface area contributed by atoms with Crippen LogP contribution in [-0.2, 0) is 4.74 Å². The van der Waals surface area contributed by atoms with Gasteiger partial charge in [0.25, 0.3) is 0 Å². The van der Waals surface area contributed by atoms with Gasteiger partial charge in [0.05, 0.1) is 0 Å². The van der Waals surface area contributed by atoms with Crippen LogP contribution in [0.3, 0.4) is 0 Å². The third kappa shape index (κ3) is 6.47. The molecule has 0 saturated carbocycles. The van der Waals surface area contributed by atoms with Gasteiger partial charge in [-0.3, -0.25) is 0 Å². The first-order valence-electron chi connectivity index (χ1n) is 9.92. The first kappa shape index (κ1) is 22.3. The maximum absolute atomic E-state index is 11.7. The number of benzene rings is 1. The van der Waals surface area contributed by atoms with Crippen LogP contribution in [0.2, 0.25) is 13.3 Å². The fourth-order valence-corrected chi connectivity index (χ4v) is 19.4. The number of esters is 1. The van der Waals surface area contributed by atoms with Gasteiger partial charge in [-0.05, 0) is 0 Å². The Morgan fingerprint density at radius 2 is 1.28 bits per heavy atom. The molecule has 0 unspecified atom stereocenters. The first-order valence-corrected chi connectivity index (χ1v) is 17.4. The summed E-state index contributed by atoms with van der Waals surface area (Å²) in [7, 11) is 1.43. The zero-order valence-electron chi connectivity index (χ0n) is 16.7. The normalized spacial score (nSPS) is 11.4. The number of rotatable bonds is 12. The molecule has 3 heteroatoms. The van der Waals surface area contributed by atoms with E-state index in [-0.39, 0.29) is 5.97 Å². The van der Waals surface area contributed by atoms with Crippen molar-refractivity contribution in [3.63, 3.8) is 0 Å². The van der Waals surface area contributed by atoms with Gasteiger partial charge in [0.1, 0.15) is 0 Å². The zero-order valence-corrected chi connectivity index (χ0v) is 19.6. The van der Waals surface area contributed by atoms with Crippen molar-refractivity contribution < 1.29 is 9.53 Å². The molecule has 1 rings (SSSR count). The maximum atomic E-state index is 11.7. The molecule has 1 aromatic rings. The van der Waals surface area contributed by atoms with Crippen LogP contribution in [0.4, 0.5) is 0 Å². The van der Waals surface area contributed by atoms with E-state index >= 15 is 0 Å². The van der Waals surface area contributed by atoms with Crippen LogP contribution in [0.25, 0.3) is 3.59 Å². The molecule has 0 fully saturated rings. The molecule has 0 aromatic heterocycles. The third-order valence-corrected chi connectivity index (χ3v) is 21.0. The quantitative estimate of drug-likeness (QED) is 0.256. The van der Waals surface area contributed by atoms with E-state index in [9.17, 15) is 4.79 Å². The number of carbonyl (C=O) groups excluding carboxylic acids is 1. The minimum absolute atomic E-state index is 0.269. The average molecular weight is 451 g/mol. The van der Waals surface area contributed by atoms with Crippen molar-refractivity contribution in [3.8, 4) is 0 Å². The summed E-state index contributed by atoms with van der Waals surface area (Å²) in [6.07, 6.45) is 7.82. The summed E-state index contributed by atoms with van der Waals surface area (Å²) in [5.74, 6) is -0.269. The first-order chi connectivity index (χ1) is 12.0. The van der Waals surface area contributed by atoms with Crippen LogP contribution in [0.1, 0.15) is 75.2 Å². The molecule has 2 nitrogen and oxygen atoms in total. The summed E-state index contributed by atoms with van der Waals surface area (Å²) in [6, 6.07) is 7.96. The molecular weight excluding hydrogens is 415 g/mol. The summed E-state index contributed by atoms with van der Waals surface area (Å²) in [6.45, 7) is 11.5. The fourth-order valence-electron chi connectivity index (χ4n) is 3.60. The summed E-state index contributed by atoms with van der Waals surface area (Å²) >= 11 is -2.46. The summed E-state index contributed by atoms with van der Waals surface area (Å²) in [5.41, 5.74) is 1.88. The van der Waals surface area contributed by atoms with Crippen molar-refractivity contribution in [2.75, 3.05) is 7.11 Å². The number of carbonyl (C=O) groups is 1. The van der Waals surface area contributed by atoms with Gasteiger partial charge in [0.15, 0.2) is 0 Å². The average Bonchev–Trinajstić information content (AvgIpc) is 2.66. The number of hydrogen-bond donors (Lipinski definition) is 0. The Bertz CT molecular complexity index is 512. The third-order valence-electron chi connectivity index (χ3n) is 5.32. The monoisotopic (exact) mass is 452 g/mol. The number of unbranched alkanes of at least 4 members (excludes halogenated alkanes) is 3. The van der Waals surface area contributed by atoms with E-state index in [1.807, 2.05) is 12.1 Å². The van der Waals surface area contributed by atoms with Crippen LogP contribution >= 0.6 is 0 Å². The Balaban J connectivity index is 3.11. The van der Waals surface area contributed by atoms with Crippen molar-refractivity contribution in [1.82, 2.24) is 0 Å². The van der Waals surface area contributed by atoms with E-state index in [1.54, 1.807) is 0 Å². The molecule has 0 N–H and O–H groups in total. The Labute approximate surface area is 158 Å². The summed E-state index contributed by atoms with van der Waals surface area (Å²) in [5, 5.41) is 0. The van der Waals surface area contributed by atoms with Gasteiger partial charge < -0.3 is 0 Å². The zero-order chi connectivity index (χ0) is 18.7. The van der Waals surface area contributed by atoms with E-state index in [0.717, 1.165) is 0 Å². The number of ether oxygens (including phenoxy) is 1. The van der Waals surface area contributed by atoms with Gasteiger partial charge in [-0.2, -0.15) is 0 Å². The Morgan fingerprint density at radius 1 is 0.880 bits per heavy atom. The van der Waals surface area contributed by atoms with E-state index in [4.69, 9.17) is 4.74 Å². The second-order valence-corrected chi connectivity index (χ2v) is 20.5. The predicted molar refractivity (Wildman–Crippen MR) is 112 cm³/mol. The topological polar surface area (TPSA) is 26.3 Å². The molecule has 0 bridgehead atoms. The molecule has 0 heterocycles. The second-order valence-electron chi connectivity index (χ2n) is 7.14. The van der Waals surface area contributed by atoms with Gasteiger partial charge in [-0.25, -0.2) is 0 Å². The molecule has 0 saturated heterocycles. The molecule has 0 spiro atoms.